The predicted octanol–water partition coefficient (Wildman–Crippen LogP) is 4.24. The maximum Gasteiger partial charge on any atom is 0.154 e. The van der Waals surface area contributed by atoms with Gasteiger partial charge in [0.2, 0.25) is 0 Å². The van der Waals surface area contributed by atoms with E-state index in [1.54, 1.807) is 24.3 Å². The van der Waals surface area contributed by atoms with Crippen molar-refractivity contribution in [2.45, 2.75) is 19.3 Å². The fourth-order valence-corrected chi connectivity index (χ4v) is 3.08. The second-order valence-corrected chi connectivity index (χ2v) is 6.92. The van der Waals surface area contributed by atoms with E-state index in [4.69, 9.17) is 24.3 Å². The van der Waals surface area contributed by atoms with Crippen LogP contribution in [0.5, 0.6) is 11.5 Å². The first-order chi connectivity index (χ1) is 13.8. The topological polar surface area (TPSA) is 92.5 Å². The quantitative estimate of drug-likeness (QED) is 0.302. The number of anilines is 2. The monoisotopic (exact) mass is 384 g/mol. The lowest BCUT2D eigenvalue weighted by atomic mass is 9.74. The first-order valence-corrected chi connectivity index (χ1v) is 8.92. The van der Waals surface area contributed by atoms with E-state index in [1.165, 1.54) is 0 Å². The molecule has 3 aromatic carbocycles. The summed E-state index contributed by atoms with van der Waals surface area (Å²) < 4.78 is 0. The first kappa shape index (κ1) is 21.3. The van der Waals surface area contributed by atoms with Gasteiger partial charge in [-0.15, -0.1) is 12.8 Å². The van der Waals surface area contributed by atoms with Gasteiger partial charge in [0, 0.05) is 5.41 Å². The van der Waals surface area contributed by atoms with Crippen LogP contribution in [0.1, 0.15) is 36.1 Å². The van der Waals surface area contributed by atoms with E-state index < -0.39 is 5.41 Å². The van der Waals surface area contributed by atoms with Gasteiger partial charge in [-0.05, 0) is 23.3 Å². The molecule has 6 N–H and O–H groups in total. The molecule has 3 rings (SSSR count). The molecule has 0 amide bonds. The largest absolute Gasteiger partial charge is 0.505 e. The molecule has 0 saturated carbocycles. The van der Waals surface area contributed by atoms with Crippen LogP contribution in [0.25, 0.3) is 0 Å². The Morgan fingerprint density at radius 3 is 1.28 bits per heavy atom. The van der Waals surface area contributed by atoms with E-state index in [0.717, 1.165) is 0 Å². The summed E-state index contributed by atoms with van der Waals surface area (Å²) in [5, 5.41) is 20.3. The normalized spacial score (nSPS) is 10.2. The molecule has 0 aliphatic rings. The van der Waals surface area contributed by atoms with Crippen molar-refractivity contribution in [1.82, 2.24) is 0 Å². The summed E-state index contributed by atoms with van der Waals surface area (Å²) in [6.45, 7) is 3.79. The molecule has 0 aliphatic carbocycles. The highest BCUT2D eigenvalue weighted by Gasteiger charge is 2.30. The lowest BCUT2D eigenvalue weighted by Crippen LogP contribution is -2.22. The number of phenols is 2. The van der Waals surface area contributed by atoms with Crippen molar-refractivity contribution in [3.05, 3.63) is 82.9 Å². The molecule has 4 heteroatoms. The minimum Gasteiger partial charge on any atom is -0.505 e. The van der Waals surface area contributed by atoms with Crippen LogP contribution in [-0.4, -0.2) is 10.2 Å². The Labute approximate surface area is 171 Å². The SMILES string of the molecule is C#Cc1c(C(C)(C)c2ccc(N)c(O)c2C#C)ccc(N)c1O.c1ccccc1. The molecule has 0 radical (unpaired) electrons. The standard InChI is InChI=1S/C19H18N2O2.C6H6/c1-5-11-13(7-9-15(20)17(11)22)19(3,4)14-8-10-16(21)18(23)12(14)6-2;1-2-4-6-5-3-1/h1-2,7-10,22-23H,20-21H2,3-4H3;1-6H. The van der Waals surface area contributed by atoms with Gasteiger partial charge < -0.3 is 21.7 Å². The maximum atomic E-state index is 10.1. The van der Waals surface area contributed by atoms with Gasteiger partial charge in [0.25, 0.3) is 0 Å². The van der Waals surface area contributed by atoms with Gasteiger partial charge in [0.05, 0.1) is 22.5 Å². The predicted molar refractivity (Wildman–Crippen MR) is 119 cm³/mol. The molecule has 0 unspecified atom stereocenters. The van der Waals surface area contributed by atoms with Crippen molar-refractivity contribution in [2.24, 2.45) is 0 Å². The number of hydrogen-bond donors (Lipinski definition) is 4. The molecular weight excluding hydrogens is 360 g/mol. The van der Waals surface area contributed by atoms with Gasteiger partial charge >= 0.3 is 0 Å². The number of aromatic hydroxyl groups is 2. The van der Waals surface area contributed by atoms with Crippen LogP contribution in [0.2, 0.25) is 0 Å². The smallest absolute Gasteiger partial charge is 0.154 e. The van der Waals surface area contributed by atoms with E-state index in [1.807, 2.05) is 50.2 Å². The van der Waals surface area contributed by atoms with Gasteiger partial charge in [-0.1, -0.05) is 74.2 Å². The Kier molecular flexibility index (Phi) is 6.44. The Bertz CT molecular complexity index is 990. The number of nitrogen functional groups attached to an aromatic ring is 2. The Balaban J connectivity index is 0.000000426. The first-order valence-electron chi connectivity index (χ1n) is 8.92. The van der Waals surface area contributed by atoms with Crippen LogP contribution in [0.3, 0.4) is 0 Å². The second-order valence-electron chi connectivity index (χ2n) is 6.92. The molecule has 0 heterocycles. The zero-order valence-corrected chi connectivity index (χ0v) is 16.5. The molecule has 0 saturated heterocycles. The van der Waals surface area contributed by atoms with Crippen LogP contribution in [-0.2, 0) is 5.41 Å². The van der Waals surface area contributed by atoms with Crippen molar-refractivity contribution in [3.8, 4) is 36.2 Å². The number of hydrogen-bond acceptors (Lipinski definition) is 4. The summed E-state index contributed by atoms with van der Waals surface area (Å²) in [4.78, 5) is 0. The second kappa shape index (κ2) is 8.78. The lowest BCUT2D eigenvalue weighted by molar-refractivity contribution is 0.470. The Morgan fingerprint density at radius 1 is 0.690 bits per heavy atom. The molecule has 0 aliphatic heterocycles. The molecular formula is C25H24N2O2. The highest BCUT2D eigenvalue weighted by molar-refractivity contribution is 5.69. The van der Waals surface area contributed by atoms with E-state index in [-0.39, 0.29) is 22.9 Å². The third-order valence-electron chi connectivity index (χ3n) is 4.72. The fraction of sp³-hybridized carbons (Fsp3) is 0.120. The van der Waals surface area contributed by atoms with Crippen molar-refractivity contribution < 1.29 is 10.2 Å². The number of nitrogens with two attached hydrogens (primary N) is 2. The van der Waals surface area contributed by atoms with Crippen molar-refractivity contribution in [3.63, 3.8) is 0 Å². The molecule has 4 nitrogen and oxygen atoms in total. The molecule has 0 spiro atoms. The number of terminal acetylenes is 2. The van der Waals surface area contributed by atoms with E-state index in [0.29, 0.717) is 22.3 Å². The van der Waals surface area contributed by atoms with Crippen molar-refractivity contribution in [1.29, 1.82) is 0 Å². The maximum absolute atomic E-state index is 10.1. The van der Waals surface area contributed by atoms with E-state index >= 15 is 0 Å². The van der Waals surface area contributed by atoms with Gasteiger partial charge in [0.15, 0.2) is 11.5 Å². The summed E-state index contributed by atoms with van der Waals surface area (Å²) in [7, 11) is 0. The minimum absolute atomic E-state index is 0.139. The van der Waals surface area contributed by atoms with E-state index in [2.05, 4.69) is 11.8 Å². The van der Waals surface area contributed by atoms with Gasteiger partial charge in [0.1, 0.15) is 0 Å². The van der Waals surface area contributed by atoms with Crippen LogP contribution >= 0.6 is 0 Å². The number of phenolic OH excluding ortho intramolecular Hbond substituents is 2. The summed E-state index contributed by atoms with van der Waals surface area (Å²) in [5.41, 5.74) is 13.1. The lowest BCUT2D eigenvalue weighted by Gasteiger charge is -2.29. The molecule has 29 heavy (non-hydrogen) atoms. The molecule has 3 aromatic rings. The highest BCUT2D eigenvalue weighted by Crippen LogP contribution is 2.42. The van der Waals surface area contributed by atoms with Crippen LogP contribution in [0.4, 0.5) is 11.4 Å². The average Bonchev–Trinajstić information content (AvgIpc) is 2.73. The summed E-state index contributed by atoms with van der Waals surface area (Å²) in [6, 6.07) is 18.7. The third kappa shape index (κ3) is 4.29. The zero-order chi connectivity index (χ0) is 21.6. The fourth-order valence-electron chi connectivity index (χ4n) is 3.08. The van der Waals surface area contributed by atoms with Gasteiger partial charge in [-0.3, -0.25) is 0 Å². The van der Waals surface area contributed by atoms with Gasteiger partial charge in [-0.25, -0.2) is 0 Å². The Hall–Kier alpha value is -4.02. The third-order valence-corrected chi connectivity index (χ3v) is 4.72. The molecule has 0 bridgehead atoms. The van der Waals surface area contributed by atoms with Crippen LogP contribution < -0.4 is 11.5 Å². The minimum atomic E-state index is -0.681. The summed E-state index contributed by atoms with van der Waals surface area (Å²) in [6.07, 6.45) is 11.1. The molecule has 0 aromatic heterocycles. The number of benzene rings is 3. The van der Waals surface area contributed by atoms with E-state index in [9.17, 15) is 10.2 Å². The zero-order valence-electron chi connectivity index (χ0n) is 16.5. The van der Waals surface area contributed by atoms with Crippen molar-refractivity contribution in [2.75, 3.05) is 11.5 Å². The van der Waals surface area contributed by atoms with Crippen LogP contribution in [0.15, 0.2) is 60.7 Å². The van der Waals surface area contributed by atoms with Crippen LogP contribution in [0, 0.1) is 24.7 Å². The van der Waals surface area contributed by atoms with Gasteiger partial charge in [-0.2, -0.15) is 0 Å². The Morgan fingerprint density at radius 2 is 1.00 bits per heavy atom. The molecule has 0 atom stereocenters. The summed E-state index contributed by atoms with van der Waals surface area (Å²) >= 11 is 0. The summed E-state index contributed by atoms with van der Waals surface area (Å²) in [5.74, 6) is 4.67. The molecule has 146 valence electrons. The average molecular weight is 384 g/mol. The van der Waals surface area contributed by atoms with Crippen molar-refractivity contribution >= 4 is 11.4 Å². The molecule has 0 fully saturated rings. The highest BCUT2D eigenvalue weighted by atomic mass is 16.3. The number of rotatable bonds is 2.